The van der Waals surface area contributed by atoms with Gasteiger partial charge in [0.15, 0.2) is 0 Å². The lowest BCUT2D eigenvalue weighted by Crippen LogP contribution is -2.13. The minimum atomic E-state index is 0.733. The Kier molecular flexibility index (Phi) is 5.18. The molecule has 0 bridgehead atoms. The Hall–Kier alpha value is 0.180. The molecule has 0 amide bonds. The van der Waals surface area contributed by atoms with Crippen LogP contribution < -0.4 is 0 Å². The second kappa shape index (κ2) is 5.92. The number of alkyl halides is 1. The Morgan fingerprint density at radius 2 is 1.71 bits per heavy atom. The van der Waals surface area contributed by atoms with Crippen LogP contribution in [-0.2, 0) is 6.42 Å². The Labute approximate surface area is 103 Å². The van der Waals surface area contributed by atoms with Crippen LogP contribution in [0.15, 0.2) is 28.7 Å². The van der Waals surface area contributed by atoms with Crippen LogP contribution in [0.25, 0.3) is 0 Å². The third-order valence-corrected chi connectivity index (χ3v) is 3.91. The van der Waals surface area contributed by atoms with E-state index in [1.807, 2.05) is 0 Å². The molecule has 0 heterocycles. The van der Waals surface area contributed by atoms with Gasteiger partial charge in [-0.05, 0) is 36.0 Å². The first-order valence-electron chi connectivity index (χ1n) is 4.94. The van der Waals surface area contributed by atoms with Crippen molar-refractivity contribution in [2.24, 2.45) is 11.8 Å². The van der Waals surface area contributed by atoms with E-state index in [2.05, 4.69) is 70.0 Å². The van der Waals surface area contributed by atoms with Gasteiger partial charge in [-0.3, -0.25) is 0 Å². The summed E-state index contributed by atoms with van der Waals surface area (Å²) in [5.41, 5.74) is 1.42. The first-order chi connectivity index (χ1) is 6.63. The van der Waals surface area contributed by atoms with Crippen molar-refractivity contribution in [2.75, 3.05) is 5.33 Å². The molecule has 0 fully saturated rings. The quantitative estimate of drug-likeness (QED) is 0.708. The Bertz CT molecular complexity index is 264. The number of halogens is 2. The zero-order valence-corrected chi connectivity index (χ0v) is 11.8. The van der Waals surface area contributed by atoms with Gasteiger partial charge in [0.05, 0.1) is 0 Å². The molecule has 78 valence electrons. The van der Waals surface area contributed by atoms with Gasteiger partial charge < -0.3 is 0 Å². The maximum Gasteiger partial charge on any atom is 0.0175 e. The van der Waals surface area contributed by atoms with E-state index in [-0.39, 0.29) is 0 Å². The van der Waals surface area contributed by atoms with E-state index in [1.165, 1.54) is 5.56 Å². The summed E-state index contributed by atoms with van der Waals surface area (Å²) in [4.78, 5) is 0. The number of hydrogen-bond acceptors (Lipinski definition) is 0. The van der Waals surface area contributed by atoms with Gasteiger partial charge in [-0.1, -0.05) is 57.8 Å². The molecular formula is C12H16Br2. The monoisotopic (exact) mass is 318 g/mol. The van der Waals surface area contributed by atoms with E-state index in [9.17, 15) is 0 Å². The van der Waals surface area contributed by atoms with Crippen LogP contribution in [0, 0.1) is 11.8 Å². The van der Waals surface area contributed by atoms with Crippen molar-refractivity contribution >= 4 is 31.9 Å². The van der Waals surface area contributed by atoms with E-state index in [0.29, 0.717) is 0 Å². The van der Waals surface area contributed by atoms with E-state index in [1.54, 1.807) is 0 Å². The molecule has 0 saturated carbocycles. The van der Waals surface area contributed by atoms with Crippen LogP contribution in [0.4, 0.5) is 0 Å². The second-order valence-corrected chi connectivity index (χ2v) is 5.55. The summed E-state index contributed by atoms with van der Waals surface area (Å²) in [6.45, 7) is 4.57. The molecule has 1 aromatic rings. The first kappa shape index (κ1) is 12.3. The summed E-state index contributed by atoms with van der Waals surface area (Å²) in [7, 11) is 0. The minimum Gasteiger partial charge on any atom is -0.0925 e. The van der Waals surface area contributed by atoms with Gasteiger partial charge in [0.1, 0.15) is 0 Å². The molecule has 0 nitrogen and oxygen atoms in total. The highest BCUT2D eigenvalue weighted by Crippen LogP contribution is 2.20. The van der Waals surface area contributed by atoms with Crippen LogP contribution >= 0.6 is 31.9 Å². The van der Waals surface area contributed by atoms with Gasteiger partial charge in [-0.15, -0.1) is 0 Å². The summed E-state index contributed by atoms with van der Waals surface area (Å²) in [5.74, 6) is 1.47. The maximum atomic E-state index is 3.58. The van der Waals surface area contributed by atoms with Crippen molar-refractivity contribution in [3.8, 4) is 0 Å². The fourth-order valence-electron chi connectivity index (χ4n) is 1.39. The third kappa shape index (κ3) is 3.74. The third-order valence-electron chi connectivity index (χ3n) is 2.55. The molecule has 0 saturated heterocycles. The highest BCUT2D eigenvalue weighted by Gasteiger charge is 2.12. The molecular weight excluding hydrogens is 304 g/mol. The summed E-state index contributed by atoms with van der Waals surface area (Å²) >= 11 is 7.03. The summed E-state index contributed by atoms with van der Waals surface area (Å²) in [6, 6.07) is 8.62. The lowest BCUT2D eigenvalue weighted by molar-refractivity contribution is 0.427. The molecule has 0 aliphatic carbocycles. The SMILES string of the molecule is CC(C)C(CBr)Cc1ccc(Br)cc1. The van der Waals surface area contributed by atoms with Gasteiger partial charge in [0.2, 0.25) is 0 Å². The molecule has 0 radical (unpaired) electrons. The van der Waals surface area contributed by atoms with E-state index in [0.717, 1.165) is 28.1 Å². The summed E-state index contributed by atoms with van der Waals surface area (Å²) in [6.07, 6.45) is 1.16. The Balaban J connectivity index is 2.63. The topological polar surface area (TPSA) is 0 Å². The molecule has 1 aromatic carbocycles. The zero-order chi connectivity index (χ0) is 10.6. The molecule has 1 atom stereocenters. The van der Waals surface area contributed by atoms with Crippen LogP contribution in [0.2, 0.25) is 0 Å². The normalized spacial score (nSPS) is 13.2. The predicted octanol–water partition coefficient (Wildman–Crippen LogP) is 4.66. The number of rotatable bonds is 4. The predicted molar refractivity (Wildman–Crippen MR) is 70.0 cm³/mol. The Morgan fingerprint density at radius 3 is 2.14 bits per heavy atom. The van der Waals surface area contributed by atoms with Gasteiger partial charge in [-0.2, -0.15) is 0 Å². The molecule has 1 unspecified atom stereocenters. The molecule has 0 aliphatic rings. The lowest BCUT2D eigenvalue weighted by atomic mass is 9.91. The van der Waals surface area contributed by atoms with Gasteiger partial charge >= 0.3 is 0 Å². The summed E-state index contributed by atoms with van der Waals surface area (Å²) < 4.78 is 1.15. The van der Waals surface area contributed by atoms with Crippen LogP contribution in [0.5, 0.6) is 0 Å². The molecule has 14 heavy (non-hydrogen) atoms. The van der Waals surface area contributed by atoms with Crippen molar-refractivity contribution in [3.05, 3.63) is 34.3 Å². The molecule has 1 rings (SSSR count). The maximum absolute atomic E-state index is 3.58. The summed E-state index contributed by atoms with van der Waals surface area (Å²) in [5, 5.41) is 1.08. The highest BCUT2D eigenvalue weighted by atomic mass is 79.9. The highest BCUT2D eigenvalue weighted by molar-refractivity contribution is 9.10. The standard InChI is InChI=1S/C12H16Br2/c1-9(2)11(8-13)7-10-3-5-12(14)6-4-10/h3-6,9,11H,7-8H2,1-2H3. The second-order valence-electron chi connectivity index (χ2n) is 3.99. The van der Waals surface area contributed by atoms with Crippen molar-refractivity contribution in [3.63, 3.8) is 0 Å². The van der Waals surface area contributed by atoms with Crippen LogP contribution in [0.3, 0.4) is 0 Å². The molecule has 0 aliphatic heterocycles. The fraction of sp³-hybridized carbons (Fsp3) is 0.500. The van der Waals surface area contributed by atoms with Crippen molar-refractivity contribution in [1.82, 2.24) is 0 Å². The Morgan fingerprint density at radius 1 is 1.14 bits per heavy atom. The van der Waals surface area contributed by atoms with E-state index >= 15 is 0 Å². The van der Waals surface area contributed by atoms with Crippen LogP contribution in [0.1, 0.15) is 19.4 Å². The molecule has 0 aromatic heterocycles. The molecule has 2 heteroatoms. The number of benzene rings is 1. The lowest BCUT2D eigenvalue weighted by Gasteiger charge is -2.17. The average molecular weight is 320 g/mol. The van der Waals surface area contributed by atoms with E-state index < -0.39 is 0 Å². The van der Waals surface area contributed by atoms with Gasteiger partial charge in [-0.25, -0.2) is 0 Å². The van der Waals surface area contributed by atoms with Crippen molar-refractivity contribution in [1.29, 1.82) is 0 Å². The first-order valence-corrected chi connectivity index (χ1v) is 6.85. The van der Waals surface area contributed by atoms with E-state index in [4.69, 9.17) is 0 Å². The minimum absolute atomic E-state index is 0.733. The fourth-order valence-corrected chi connectivity index (χ4v) is 2.63. The average Bonchev–Trinajstić information content (AvgIpc) is 2.16. The molecule has 0 spiro atoms. The van der Waals surface area contributed by atoms with Crippen molar-refractivity contribution < 1.29 is 0 Å². The largest absolute Gasteiger partial charge is 0.0925 e. The van der Waals surface area contributed by atoms with Crippen LogP contribution in [-0.4, -0.2) is 5.33 Å². The smallest absolute Gasteiger partial charge is 0.0175 e. The zero-order valence-electron chi connectivity index (χ0n) is 8.63. The van der Waals surface area contributed by atoms with Crippen molar-refractivity contribution in [2.45, 2.75) is 20.3 Å². The van der Waals surface area contributed by atoms with Gasteiger partial charge in [0.25, 0.3) is 0 Å². The van der Waals surface area contributed by atoms with Gasteiger partial charge in [0, 0.05) is 9.80 Å². The number of hydrogen-bond donors (Lipinski definition) is 0. The molecule has 0 N–H and O–H groups in total.